The molecule has 0 bridgehead atoms. The van der Waals surface area contributed by atoms with Crippen LogP contribution in [-0.2, 0) is 4.74 Å². The van der Waals surface area contributed by atoms with Gasteiger partial charge in [0.1, 0.15) is 6.61 Å². The molecular weight excluding hydrogens is 216 g/mol. The average molecular weight is 232 g/mol. The summed E-state index contributed by atoms with van der Waals surface area (Å²) >= 11 is 1.74. The minimum Gasteiger partial charge on any atom is -0.364 e. The highest BCUT2D eigenvalue weighted by Gasteiger charge is 1.88. The Kier molecular flexibility index (Phi) is 6.48. The molecule has 84 valence electrons. The summed E-state index contributed by atoms with van der Waals surface area (Å²) in [7, 11) is 0. The minimum atomic E-state index is 0.488. The Bertz CT molecular complexity index is 373. The predicted octanol–water partition coefficient (Wildman–Crippen LogP) is 3.37. The largest absolute Gasteiger partial charge is 0.364 e. The van der Waals surface area contributed by atoms with Crippen LogP contribution in [0.25, 0.3) is 0 Å². The van der Waals surface area contributed by atoms with E-state index in [2.05, 4.69) is 30.6 Å². The summed E-state index contributed by atoms with van der Waals surface area (Å²) in [6, 6.07) is 10.3. The Morgan fingerprint density at radius 1 is 1.31 bits per heavy atom. The first kappa shape index (κ1) is 12.9. The molecule has 0 aliphatic carbocycles. The van der Waals surface area contributed by atoms with Gasteiger partial charge >= 0.3 is 0 Å². The first-order valence-electron chi connectivity index (χ1n) is 5.15. The monoisotopic (exact) mass is 232 g/mol. The van der Waals surface area contributed by atoms with Crippen molar-refractivity contribution in [2.45, 2.75) is 11.8 Å². The second-order valence-corrected chi connectivity index (χ2v) is 4.45. The fraction of sp³-hybridized carbons (Fsp3) is 0.286. The van der Waals surface area contributed by atoms with Gasteiger partial charge in [-0.3, -0.25) is 0 Å². The van der Waals surface area contributed by atoms with Gasteiger partial charge in [0.25, 0.3) is 0 Å². The molecule has 0 atom stereocenters. The highest BCUT2D eigenvalue weighted by atomic mass is 32.2. The van der Waals surface area contributed by atoms with E-state index in [0.717, 1.165) is 11.3 Å². The summed E-state index contributed by atoms with van der Waals surface area (Å²) in [5, 5.41) is 0. The molecule has 0 amide bonds. The van der Waals surface area contributed by atoms with Crippen molar-refractivity contribution in [1.29, 1.82) is 0 Å². The third-order valence-corrected chi connectivity index (χ3v) is 2.60. The van der Waals surface area contributed by atoms with Crippen LogP contribution in [0.2, 0.25) is 0 Å². The molecule has 0 N–H and O–H groups in total. The van der Waals surface area contributed by atoms with E-state index in [-0.39, 0.29) is 0 Å². The van der Waals surface area contributed by atoms with Crippen molar-refractivity contribution in [1.82, 2.24) is 0 Å². The van der Waals surface area contributed by atoms with E-state index in [9.17, 15) is 0 Å². The van der Waals surface area contributed by atoms with Crippen LogP contribution in [0, 0.1) is 11.8 Å². The topological polar surface area (TPSA) is 9.23 Å². The lowest BCUT2D eigenvalue weighted by molar-refractivity contribution is 0.192. The van der Waals surface area contributed by atoms with E-state index in [0.29, 0.717) is 13.2 Å². The van der Waals surface area contributed by atoms with Crippen LogP contribution in [0.4, 0.5) is 0 Å². The van der Waals surface area contributed by atoms with E-state index in [1.54, 1.807) is 11.8 Å². The van der Waals surface area contributed by atoms with Crippen molar-refractivity contribution < 1.29 is 4.74 Å². The molecule has 0 aromatic heterocycles. The van der Waals surface area contributed by atoms with Crippen molar-refractivity contribution in [3.63, 3.8) is 0 Å². The Hall–Kier alpha value is -1.17. The van der Waals surface area contributed by atoms with Crippen molar-refractivity contribution >= 4 is 11.8 Å². The molecule has 0 aliphatic heterocycles. The van der Waals surface area contributed by atoms with Crippen LogP contribution < -0.4 is 0 Å². The molecular formula is C14H16OS. The predicted molar refractivity (Wildman–Crippen MR) is 70.6 cm³/mol. The highest BCUT2D eigenvalue weighted by Crippen LogP contribution is 2.15. The zero-order valence-corrected chi connectivity index (χ0v) is 10.3. The Morgan fingerprint density at radius 2 is 2.06 bits per heavy atom. The van der Waals surface area contributed by atoms with Gasteiger partial charge in [0.2, 0.25) is 0 Å². The first-order chi connectivity index (χ1) is 7.79. The lowest BCUT2D eigenvalue weighted by atomic mass is 10.4. The summed E-state index contributed by atoms with van der Waals surface area (Å²) in [4.78, 5) is 1.25. The van der Waals surface area contributed by atoms with Crippen LogP contribution in [0.5, 0.6) is 0 Å². The van der Waals surface area contributed by atoms with Crippen molar-refractivity contribution in [3.05, 3.63) is 42.5 Å². The van der Waals surface area contributed by atoms with Crippen LogP contribution >= 0.6 is 11.8 Å². The van der Waals surface area contributed by atoms with Crippen LogP contribution in [0.3, 0.4) is 0 Å². The second-order valence-electron chi connectivity index (χ2n) is 3.41. The number of thioether (sulfide) groups is 1. The third-order valence-electron chi connectivity index (χ3n) is 1.70. The van der Waals surface area contributed by atoms with E-state index < -0.39 is 0 Å². The molecule has 0 aliphatic rings. The number of rotatable bonds is 5. The van der Waals surface area contributed by atoms with Gasteiger partial charge in [-0.2, -0.15) is 0 Å². The summed E-state index contributed by atoms with van der Waals surface area (Å²) in [6.45, 7) is 6.78. The van der Waals surface area contributed by atoms with Crippen LogP contribution in [0.15, 0.2) is 47.4 Å². The quantitative estimate of drug-likeness (QED) is 0.333. The molecule has 0 spiro atoms. The minimum absolute atomic E-state index is 0.488. The SMILES string of the molecule is C=C(C)COCC#CCSc1ccccc1. The maximum absolute atomic E-state index is 5.26. The molecule has 0 heterocycles. The van der Waals surface area contributed by atoms with E-state index >= 15 is 0 Å². The molecule has 0 radical (unpaired) electrons. The summed E-state index contributed by atoms with van der Waals surface area (Å²) in [5.41, 5.74) is 1.03. The van der Waals surface area contributed by atoms with Crippen LogP contribution in [0.1, 0.15) is 6.92 Å². The lowest BCUT2D eigenvalue weighted by Gasteiger charge is -1.97. The number of hydrogen-bond acceptors (Lipinski definition) is 2. The zero-order valence-electron chi connectivity index (χ0n) is 9.53. The molecule has 0 fully saturated rings. The number of benzene rings is 1. The van der Waals surface area contributed by atoms with Gasteiger partial charge in [0.15, 0.2) is 0 Å². The molecule has 1 aromatic rings. The number of hydrogen-bond donors (Lipinski definition) is 0. The van der Waals surface area contributed by atoms with E-state index in [4.69, 9.17) is 4.74 Å². The fourth-order valence-corrected chi connectivity index (χ4v) is 1.70. The van der Waals surface area contributed by atoms with E-state index in [1.165, 1.54) is 4.90 Å². The fourth-order valence-electron chi connectivity index (χ4n) is 1.01. The Balaban J connectivity index is 2.11. The molecule has 2 heteroatoms. The highest BCUT2D eigenvalue weighted by molar-refractivity contribution is 7.99. The van der Waals surface area contributed by atoms with Crippen molar-refractivity contribution in [2.75, 3.05) is 19.0 Å². The second kappa shape index (κ2) is 8.04. The van der Waals surface area contributed by atoms with Gasteiger partial charge in [0, 0.05) is 4.90 Å². The van der Waals surface area contributed by atoms with Gasteiger partial charge in [-0.25, -0.2) is 0 Å². The average Bonchev–Trinajstić information content (AvgIpc) is 2.29. The van der Waals surface area contributed by atoms with Crippen LogP contribution in [-0.4, -0.2) is 19.0 Å². The maximum atomic E-state index is 5.26. The molecule has 1 aromatic carbocycles. The molecule has 0 unspecified atom stereocenters. The standard InChI is InChI=1S/C14H16OS/c1-13(2)12-15-10-6-7-11-16-14-8-4-3-5-9-14/h3-5,8-9H,1,10-12H2,2H3. The molecule has 1 rings (SSSR count). The van der Waals surface area contributed by atoms with Crippen molar-refractivity contribution in [3.8, 4) is 11.8 Å². The summed E-state index contributed by atoms with van der Waals surface area (Å²) in [6.07, 6.45) is 0. The first-order valence-corrected chi connectivity index (χ1v) is 6.13. The van der Waals surface area contributed by atoms with Gasteiger partial charge in [-0.1, -0.05) is 42.2 Å². The molecule has 0 saturated heterocycles. The summed E-state index contributed by atoms with van der Waals surface area (Å²) in [5.74, 6) is 6.85. The van der Waals surface area contributed by atoms with Gasteiger partial charge < -0.3 is 4.74 Å². The normalized spacial score (nSPS) is 9.31. The number of ether oxygens (including phenoxy) is 1. The molecule has 16 heavy (non-hydrogen) atoms. The Morgan fingerprint density at radius 3 is 2.75 bits per heavy atom. The third kappa shape index (κ3) is 6.34. The summed E-state index contributed by atoms with van der Waals surface area (Å²) < 4.78 is 5.26. The Labute approximate surface area is 102 Å². The van der Waals surface area contributed by atoms with E-state index in [1.807, 2.05) is 25.1 Å². The smallest absolute Gasteiger partial charge is 0.108 e. The van der Waals surface area contributed by atoms with Gasteiger partial charge in [-0.05, 0) is 19.1 Å². The van der Waals surface area contributed by atoms with Gasteiger partial charge in [0.05, 0.1) is 12.4 Å². The lowest BCUT2D eigenvalue weighted by Crippen LogP contribution is -1.94. The van der Waals surface area contributed by atoms with Crippen molar-refractivity contribution in [2.24, 2.45) is 0 Å². The molecule has 0 saturated carbocycles. The molecule has 1 nitrogen and oxygen atoms in total. The van der Waals surface area contributed by atoms with Gasteiger partial charge in [-0.15, -0.1) is 11.8 Å². The maximum Gasteiger partial charge on any atom is 0.108 e. The zero-order chi connectivity index (χ0) is 11.6.